The molecule has 5 heteroatoms. The molecule has 19 heavy (non-hydrogen) atoms. The Bertz CT molecular complexity index is 332. The van der Waals surface area contributed by atoms with E-state index in [1.807, 2.05) is 20.8 Å². The molecule has 0 radical (unpaired) electrons. The van der Waals surface area contributed by atoms with E-state index >= 15 is 0 Å². The number of rotatable bonds is 5. The lowest BCUT2D eigenvalue weighted by Gasteiger charge is -2.40. The third-order valence-corrected chi connectivity index (χ3v) is 3.79. The van der Waals surface area contributed by atoms with Gasteiger partial charge in [-0.1, -0.05) is 0 Å². The Morgan fingerprint density at radius 3 is 2.32 bits per heavy atom. The normalized spacial score (nSPS) is 23.4. The molecule has 0 spiro atoms. The Kier molecular flexibility index (Phi) is 4.06. The summed E-state index contributed by atoms with van der Waals surface area (Å²) in [5.74, 6) is 0.669. The van der Waals surface area contributed by atoms with Crippen LogP contribution in [0.15, 0.2) is 0 Å². The molecule has 0 aromatic carbocycles. The minimum Gasteiger partial charge on any atom is -0.444 e. The highest BCUT2D eigenvalue weighted by molar-refractivity contribution is 5.67. The van der Waals surface area contributed by atoms with Gasteiger partial charge in [0.25, 0.3) is 0 Å². The molecule has 1 unspecified atom stereocenters. The van der Waals surface area contributed by atoms with Crippen molar-refractivity contribution in [2.45, 2.75) is 57.7 Å². The summed E-state index contributed by atoms with van der Waals surface area (Å²) in [5, 5.41) is 9.85. The molecule has 1 amide bonds. The molecule has 5 nitrogen and oxygen atoms in total. The van der Waals surface area contributed by atoms with E-state index in [9.17, 15) is 4.79 Å². The molecule has 1 saturated carbocycles. The van der Waals surface area contributed by atoms with Crippen LogP contribution in [0.3, 0.4) is 0 Å². The second-order valence-electron chi connectivity index (χ2n) is 7.05. The van der Waals surface area contributed by atoms with Crippen LogP contribution in [0, 0.1) is 5.92 Å². The zero-order chi connectivity index (χ0) is 14.1. The van der Waals surface area contributed by atoms with Crippen LogP contribution in [0.5, 0.6) is 0 Å². The lowest BCUT2D eigenvalue weighted by atomic mass is 9.93. The van der Waals surface area contributed by atoms with Crippen molar-refractivity contribution in [1.29, 1.82) is 0 Å². The number of carbonyl (C=O) groups excluding carboxylic acids is 1. The molecule has 3 N–H and O–H groups in total. The average molecular weight is 269 g/mol. The first-order chi connectivity index (χ1) is 8.78. The van der Waals surface area contributed by atoms with E-state index < -0.39 is 5.60 Å². The van der Waals surface area contributed by atoms with Crippen LogP contribution in [0.1, 0.15) is 40.5 Å². The molecule has 1 aliphatic carbocycles. The quantitative estimate of drug-likeness (QED) is 0.703. The van der Waals surface area contributed by atoms with Crippen LogP contribution in [0.4, 0.5) is 4.79 Å². The van der Waals surface area contributed by atoms with E-state index in [0.29, 0.717) is 18.5 Å². The van der Waals surface area contributed by atoms with Crippen molar-refractivity contribution in [3.63, 3.8) is 0 Å². The van der Waals surface area contributed by atoms with Crippen LogP contribution >= 0.6 is 0 Å². The smallest absolute Gasteiger partial charge is 0.407 e. The molecule has 1 atom stereocenters. The number of hydrogen-bond acceptors (Lipinski definition) is 4. The molecular weight excluding hydrogens is 242 g/mol. The molecule has 1 heterocycles. The van der Waals surface area contributed by atoms with Crippen LogP contribution in [-0.2, 0) is 4.74 Å². The van der Waals surface area contributed by atoms with Gasteiger partial charge in [-0.2, -0.15) is 0 Å². The van der Waals surface area contributed by atoms with Gasteiger partial charge in [-0.15, -0.1) is 0 Å². The maximum Gasteiger partial charge on any atom is 0.407 e. The number of carbonyl (C=O) groups is 1. The van der Waals surface area contributed by atoms with Crippen molar-refractivity contribution < 1.29 is 9.53 Å². The van der Waals surface area contributed by atoms with Gasteiger partial charge >= 0.3 is 6.09 Å². The zero-order valence-corrected chi connectivity index (χ0v) is 12.5. The molecule has 0 bridgehead atoms. The van der Waals surface area contributed by atoms with Crippen molar-refractivity contribution in [2.24, 2.45) is 5.92 Å². The molecule has 110 valence electrons. The fourth-order valence-electron chi connectivity index (χ4n) is 2.46. The van der Waals surface area contributed by atoms with Crippen LogP contribution in [0.25, 0.3) is 0 Å². The van der Waals surface area contributed by atoms with Crippen LogP contribution < -0.4 is 16.0 Å². The maximum atomic E-state index is 11.7. The predicted octanol–water partition coefficient (Wildman–Crippen LogP) is 1.24. The maximum absolute atomic E-state index is 11.7. The topological polar surface area (TPSA) is 62.4 Å². The minimum absolute atomic E-state index is 0.0102. The predicted molar refractivity (Wildman–Crippen MR) is 75.2 cm³/mol. The SMILES string of the molecule is CC(C)(C)OC(=O)NCC(C)(NC1CNC1)C1CC1. The lowest BCUT2D eigenvalue weighted by molar-refractivity contribution is 0.0503. The Balaban J connectivity index is 1.81. The second kappa shape index (κ2) is 5.29. The van der Waals surface area contributed by atoms with Crippen LogP contribution in [-0.4, -0.2) is 42.9 Å². The molecule has 1 saturated heterocycles. The molecule has 2 rings (SSSR count). The van der Waals surface area contributed by atoms with Gasteiger partial charge in [0.05, 0.1) is 0 Å². The minimum atomic E-state index is -0.439. The van der Waals surface area contributed by atoms with Gasteiger partial charge < -0.3 is 20.7 Å². The summed E-state index contributed by atoms with van der Waals surface area (Å²) in [7, 11) is 0. The van der Waals surface area contributed by atoms with Gasteiger partial charge in [0.1, 0.15) is 5.60 Å². The number of hydrogen-bond donors (Lipinski definition) is 3. The summed E-state index contributed by atoms with van der Waals surface area (Å²) in [6, 6.07) is 0.533. The van der Waals surface area contributed by atoms with E-state index in [1.165, 1.54) is 12.8 Å². The number of ether oxygens (including phenoxy) is 1. The highest BCUT2D eigenvalue weighted by Gasteiger charge is 2.43. The Labute approximate surface area is 115 Å². The Morgan fingerprint density at radius 1 is 1.26 bits per heavy atom. The summed E-state index contributed by atoms with van der Waals surface area (Å²) < 4.78 is 5.29. The summed E-state index contributed by atoms with van der Waals surface area (Å²) in [4.78, 5) is 11.7. The number of nitrogens with one attached hydrogen (secondary N) is 3. The second-order valence-corrected chi connectivity index (χ2v) is 7.05. The van der Waals surface area contributed by atoms with Gasteiger partial charge in [-0.05, 0) is 46.5 Å². The summed E-state index contributed by atoms with van der Waals surface area (Å²) in [6.45, 7) is 10.5. The zero-order valence-electron chi connectivity index (χ0n) is 12.5. The largest absolute Gasteiger partial charge is 0.444 e. The van der Waals surface area contributed by atoms with E-state index in [4.69, 9.17) is 4.74 Å². The number of alkyl carbamates (subject to hydrolysis) is 1. The van der Waals surface area contributed by atoms with Gasteiger partial charge in [0.15, 0.2) is 0 Å². The molecule has 2 fully saturated rings. The Morgan fingerprint density at radius 2 is 1.89 bits per heavy atom. The standard InChI is InChI=1S/C14H27N3O2/c1-13(2,3)19-12(18)16-9-14(4,10-5-6-10)17-11-7-15-8-11/h10-11,15,17H,5-9H2,1-4H3,(H,16,18). The van der Waals surface area contributed by atoms with Gasteiger partial charge in [-0.25, -0.2) is 4.79 Å². The third kappa shape index (κ3) is 4.35. The molecule has 0 aromatic rings. The summed E-state index contributed by atoms with van der Waals surface area (Å²) in [5.41, 5.74) is -0.449. The van der Waals surface area contributed by atoms with Gasteiger partial charge in [0.2, 0.25) is 0 Å². The van der Waals surface area contributed by atoms with Crippen molar-refractivity contribution in [1.82, 2.24) is 16.0 Å². The monoisotopic (exact) mass is 269 g/mol. The van der Waals surface area contributed by atoms with Crippen LogP contribution in [0.2, 0.25) is 0 Å². The van der Waals surface area contributed by atoms with Gasteiger partial charge in [0, 0.05) is 31.2 Å². The lowest BCUT2D eigenvalue weighted by Crippen LogP contribution is -2.65. The highest BCUT2D eigenvalue weighted by atomic mass is 16.6. The van der Waals surface area contributed by atoms with E-state index in [1.54, 1.807) is 0 Å². The number of amides is 1. The average Bonchev–Trinajstić information content (AvgIpc) is 3.02. The van der Waals surface area contributed by atoms with E-state index in [2.05, 4.69) is 22.9 Å². The van der Waals surface area contributed by atoms with E-state index in [0.717, 1.165) is 13.1 Å². The van der Waals surface area contributed by atoms with Gasteiger partial charge in [-0.3, -0.25) is 0 Å². The molecule has 1 aliphatic heterocycles. The van der Waals surface area contributed by atoms with Crippen molar-refractivity contribution in [2.75, 3.05) is 19.6 Å². The van der Waals surface area contributed by atoms with Crippen molar-refractivity contribution in [3.05, 3.63) is 0 Å². The molecule has 2 aliphatic rings. The molecular formula is C14H27N3O2. The fourth-order valence-corrected chi connectivity index (χ4v) is 2.46. The summed E-state index contributed by atoms with van der Waals surface area (Å²) >= 11 is 0. The molecule has 0 aromatic heterocycles. The first-order valence-corrected chi connectivity index (χ1v) is 7.24. The van der Waals surface area contributed by atoms with E-state index in [-0.39, 0.29) is 11.6 Å². The van der Waals surface area contributed by atoms with Crippen molar-refractivity contribution in [3.8, 4) is 0 Å². The first kappa shape index (κ1) is 14.6. The fraction of sp³-hybridized carbons (Fsp3) is 0.929. The van der Waals surface area contributed by atoms with Crippen molar-refractivity contribution >= 4 is 6.09 Å². The summed E-state index contributed by atoms with van der Waals surface area (Å²) in [6.07, 6.45) is 2.17. The first-order valence-electron chi connectivity index (χ1n) is 7.24. The Hall–Kier alpha value is -0.810. The third-order valence-electron chi connectivity index (χ3n) is 3.79. The highest BCUT2D eigenvalue weighted by Crippen LogP contribution is 2.39.